The van der Waals surface area contributed by atoms with Gasteiger partial charge < -0.3 is 10.1 Å². The molecule has 114 valence electrons. The largest absolute Gasteiger partial charge is 0.851 e. The summed E-state index contributed by atoms with van der Waals surface area (Å²) < 4.78 is 0. The predicted octanol–water partition coefficient (Wildman–Crippen LogP) is 4.21. The number of hydrogen-bond acceptors (Lipinski definition) is 2. The molecule has 0 amide bonds. The van der Waals surface area contributed by atoms with Gasteiger partial charge in [0, 0.05) is 28.0 Å². The normalized spacial score (nSPS) is 11.4. The van der Waals surface area contributed by atoms with Gasteiger partial charge in [-0.25, -0.2) is 4.98 Å². The minimum absolute atomic E-state index is 0.298. The minimum Gasteiger partial charge on any atom is -0.851 e. The number of para-hydroxylation sites is 1. The summed E-state index contributed by atoms with van der Waals surface area (Å²) in [5.74, 6) is 0. The fourth-order valence-electron chi connectivity index (χ4n) is 2.99. The number of rotatable bonds is 2. The van der Waals surface area contributed by atoms with Gasteiger partial charge in [0.2, 0.25) is 0 Å². The summed E-state index contributed by atoms with van der Waals surface area (Å²) >= 11 is 6.29. The highest BCUT2D eigenvalue weighted by Crippen LogP contribution is 2.32. The first-order chi connectivity index (χ1) is 11.2. The Morgan fingerprint density at radius 2 is 2.00 bits per heavy atom. The van der Waals surface area contributed by atoms with Crippen molar-refractivity contribution in [1.82, 2.24) is 9.97 Å². The van der Waals surface area contributed by atoms with Gasteiger partial charge in [0.1, 0.15) is 0 Å². The molecule has 0 aliphatic carbocycles. The van der Waals surface area contributed by atoms with Crippen molar-refractivity contribution in [2.75, 3.05) is 0 Å². The van der Waals surface area contributed by atoms with Gasteiger partial charge in [-0.3, -0.25) is 0 Å². The minimum atomic E-state index is -0.298. The molecule has 0 radical (unpaired) electrons. The number of fused-ring (bicyclic) bond motifs is 2. The zero-order valence-corrected chi connectivity index (χ0v) is 13.3. The number of nitrogens with zero attached hydrogens (tertiary/aromatic N) is 1. The van der Waals surface area contributed by atoms with Crippen molar-refractivity contribution in [3.8, 4) is 11.3 Å². The van der Waals surface area contributed by atoms with Gasteiger partial charge in [0.25, 0.3) is 0 Å². The van der Waals surface area contributed by atoms with E-state index in [4.69, 9.17) is 16.6 Å². The summed E-state index contributed by atoms with van der Waals surface area (Å²) in [6.07, 6.45) is 1.93. The van der Waals surface area contributed by atoms with E-state index < -0.39 is 0 Å². The maximum absolute atomic E-state index is 11.6. The van der Waals surface area contributed by atoms with Crippen LogP contribution in [0.1, 0.15) is 11.1 Å². The van der Waals surface area contributed by atoms with Crippen molar-refractivity contribution >= 4 is 33.4 Å². The second kappa shape index (κ2) is 5.37. The van der Waals surface area contributed by atoms with Crippen LogP contribution in [0.25, 0.3) is 33.1 Å². The molecule has 0 saturated carbocycles. The third-order valence-corrected chi connectivity index (χ3v) is 4.45. The van der Waals surface area contributed by atoms with Crippen LogP contribution >= 0.6 is 11.6 Å². The lowest BCUT2D eigenvalue weighted by molar-refractivity contribution is -0.386. The first kappa shape index (κ1) is 14.2. The third kappa shape index (κ3) is 2.29. The summed E-state index contributed by atoms with van der Waals surface area (Å²) in [6.45, 7) is 1.76. The summed E-state index contributed by atoms with van der Waals surface area (Å²) in [6, 6.07) is 13.7. The third-order valence-electron chi connectivity index (χ3n) is 4.14. The zero-order chi connectivity index (χ0) is 16.0. The van der Waals surface area contributed by atoms with Crippen LogP contribution in [-0.4, -0.2) is 9.97 Å². The van der Waals surface area contributed by atoms with E-state index in [1.165, 1.54) is 5.56 Å². The van der Waals surface area contributed by atoms with Gasteiger partial charge in [-0.15, -0.1) is 6.61 Å². The van der Waals surface area contributed by atoms with E-state index in [2.05, 4.69) is 30.1 Å². The van der Waals surface area contributed by atoms with E-state index in [1.54, 1.807) is 6.07 Å². The van der Waals surface area contributed by atoms with E-state index in [0.29, 0.717) is 10.5 Å². The fourth-order valence-corrected chi connectivity index (χ4v) is 3.20. The molecule has 2 heterocycles. The van der Waals surface area contributed by atoms with Crippen LogP contribution in [0.2, 0.25) is 5.02 Å². The van der Waals surface area contributed by atoms with Crippen molar-refractivity contribution < 1.29 is 5.11 Å². The number of H-pyrrole nitrogens is 1. The molecule has 1 N–H and O–H groups in total. The standard InChI is InChI=1S/C19H14ClN2O/c1-11-5-6-17-14(7-11)15(9-21-17)18-8-12(10-23)13-3-2-4-16(20)19(13)22-18/h2-9,21H,10H2,1H3/q-1. The number of halogens is 1. The summed E-state index contributed by atoms with van der Waals surface area (Å²) in [4.78, 5) is 7.98. The van der Waals surface area contributed by atoms with Crippen LogP contribution in [0.3, 0.4) is 0 Å². The molecule has 4 heteroatoms. The quantitative estimate of drug-likeness (QED) is 0.601. The van der Waals surface area contributed by atoms with E-state index in [1.807, 2.05) is 24.4 Å². The van der Waals surface area contributed by atoms with Crippen LogP contribution in [0.4, 0.5) is 0 Å². The van der Waals surface area contributed by atoms with Crippen LogP contribution in [-0.2, 0) is 6.61 Å². The Labute approximate surface area is 138 Å². The van der Waals surface area contributed by atoms with Crippen LogP contribution in [0, 0.1) is 6.92 Å². The highest BCUT2D eigenvalue weighted by molar-refractivity contribution is 6.35. The molecule has 0 aliphatic heterocycles. The van der Waals surface area contributed by atoms with Crippen molar-refractivity contribution in [2.45, 2.75) is 13.5 Å². The zero-order valence-electron chi connectivity index (χ0n) is 12.6. The topological polar surface area (TPSA) is 51.7 Å². The lowest BCUT2D eigenvalue weighted by Crippen LogP contribution is -2.04. The Morgan fingerprint density at radius 3 is 2.83 bits per heavy atom. The molecular weight excluding hydrogens is 308 g/mol. The Bertz CT molecular complexity index is 1040. The SMILES string of the molecule is Cc1ccc2[nH]cc(-c3cc(C[O-])c4cccc(Cl)c4n3)c2c1. The van der Waals surface area contributed by atoms with E-state index in [9.17, 15) is 5.11 Å². The van der Waals surface area contributed by atoms with Crippen molar-refractivity contribution in [3.05, 3.63) is 64.8 Å². The number of hydrogen-bond donors (Lipinski definition) is 1. The first-order valence-electron chi connectivity index (χ1n) is 7.42. The molecule has 0 unspecified atom stereocenters. The highest BCUT2D eigenvalue weighted by atomic mass is 35.5. The molecule has 0 atom stereocenters. The summed E-state index contributed by atoms with van der Waals surface area (Å²) in [5.41, 5.74) is 5.39. The Hall–Kier alpha value is -2.36. The molecule has 4 rings (SSSR count). The lowest BCUT2D eigenvalue weighted by Gasteiger charge is -2.12. The number of aromatic nitrogens is 2. The molecule has 0 saturated heterocycles. The number of aryl methyl sites for hydroxylation is 1. The smallest absolute Gasteiger partial charge is 0.0897 e. The van der Waals surface area contributed by atoms with Crippen molar-refractivity contribution in [3.63, 3.8) is 0 Å². The Balaban J connectivity index is 2.04. The predicted molar refractivity (Wildman–Crippen MR) is 92.5 cm³/mol. The Morgan fingerprint density at radius 1 is 1.13 bits per heavy atom. The molecule has 0 bridgehead atoms. The summed E-state index contributed by atoms with van der Waals surface area (Å²) in [5, 5.41) is 14.1. The monoisotopic (exact) mass is 321 g/mol. The van der Waals surface area contributed by atoms with Crippen molar-refractivity contribution in [1.29, 1.82) is 0 Å². The van der Waals surface area contributed by atoms with E-state index in [0.717, 1.165) is 33.1 Å². The number of pyridine rings is 1. The van der Waals surface area contributed by atoms with Gasteiger partial charge in [-0.1, -0.05) is 40.9 Å². The highest BCUT2D eigenvalue weighted by Gasteiger charge is 2.11. The Kier molecular flexibility index (Phi) is 3.33. The van der Waals surface area contributed by atoms with E-state index in [-0.39, 0.29) is 6.61 Å². The number of aromatic amines is 1. The maximum atomic E-state index is 11.6. The lowest BCUT2D eigenvalue weighted by atomic mass is 10.0. The number of benzene rings is 2. The maximum Gasteiger partial charge on any atom is 0.0897 e. The second-order valence-electron chi connectivity index (χ2n) is 5.70. The fraction of sp³-hybridized carbons (Fsp3) is 0.105. The van der Waals surface area contributed by atoms with Gasteiger partial charge in [-0.05, 0) is 31.2 Å². The van der Waals surface area contributed by atoms with Gasteiger partial charge in [0.05, 0.1) is 16.2 Å². The molecule has 23 heavy (non-hydrogen) atoms. The second-order valence-corrected chi connectivity index (χ2v) is 6.11. The number of nitrogens with one attached hydrogen (secondary N) is 1. The van der Waals surface area contributed by atoms with E-state index >= 15 is 0 Å². The molecule has 2 aromatic heterocycles. The van der Waals surface area contributed by atoms with Crippen LogP contribution < -0.4 is 5.11 Å². The average Bonchev–Trinajstić information content (AvgIpc) is 2.97. The molecule has 4 aromatic rings. The molecule has 3 nitrogen and oxygen atoms in total. The molecule has 2 aromatic carbocycles. The van der Waals surface area contributed by atoms with Crippen molar-refractivity contribution in [2.24, 2.45) is 0 Å². The first-order valence-corrected chi connectivity index (χ1v) is 7.79. The average molecular weight is 322 g/mol. The molecular formula is C19H14ClN2O-. The van der Waals surface area contributed by atoms with Crippen LogP contribution in [0.5, 0.6) is 0 Å². The van der Waals surface area contributed by atoms with Gasteiger partial charge >= 0.3 is 0 Å². The molecule has 0 aliphatic rings. The van der Waals surface area contributed by atoms with Crippen LogP contribution in [0.15, 0.2) is 48.7 Å². The summed E-state index contributed by atoms with van der Waals surface area (Å²) in [7, 11) is 0. The van der Waals surface area contributed by atoms with Gasteiger partial charge in [-0.2, -0.15) is 0 Å². The molecule has 0 spiro atoms. The molecule has 0 fully saturated rings. The van der Waals surface area contributed by atoms with Gasteiger partial charge in [0.15, 0.2) is 0 Å².